The second-order valence-corrected chi connectivity index (χ2v) is 5.10. The summed E-state index contributed by atoms with van der Waals surface area (Å²) in [6, 6.07) is 0. The minimum Gasteiger partial charge on any atom is -0.368 e. The zero-order valence-electron chi connectivity index (χ0n) is 9.40. The first-order valence-electron chi connectivity index (χ1n) is 5.42. The maximum absolute atomic E-state index is 11.7. The van der Waals surface area contributed by atoms with Crippen LogP contribution in [0.5, 0.6) is 0 Å². The molecule has 1 saturated heterocycles. The van der Waals surface area contributed by atoms with Gasteiger partial charge in [0, 0.05) is 12.5 Å². The van der Waals surface area contributed by atoms with Crippen molar-refractivity contribution in [2.24, 2.45) is 0 Å². The fraction of sp³-hybridized carbons (Fsp3) is 0.700. The van der Waals surface area contributed by atoms with E-state index in [1.807, 2.05) is 13.8 Å². The van der Waals surface area contributed by atoms with Crippen molar-refractivity contribution in [3.05, 3.63) is 5.01 Å². The third-order valence-corrected chi connectivity index (χ3v) is 3.53. The Morgan fingerprint density at radius 1 is 1.56 bits per heavy atom. The van der Waals surface area contributed by atoms with Gasteiger partial charge in [0.25, 0.3) is 5.91 Å². The molecule has 1 N–H and O–H groups in total. The van der Waals surface area contributed by atoms with Gasteiger partial charge >= 0.3 is 0 Å². The van der Waals surface area contributed by atoms with Crippen LogP contribution in [0.1, 0.15) is 37.6 Å². The molecule has 0 radical (unpaired) electrons. The number of nitrogens with one attached hydrogen (secondary N) is 1. The molecule has 0 saturated carbocycles. The molecule has 0 unspecified atom stereocenters. The number of nitrogens with zero attached hydrogens (tertiary/aromatic N) is 2. The number of rotatable bonds is 3. The van der Waals surface area contributed by atoms with Gasteiger partial charge in [0.2, 0.25) is 5.13 Å². The maximum Gasteiger partial charge on any atom is 0.255 e. The first-order chi connectivity index (χ1) is 7.66. The monoisotopic (exact) mass is 241 g/mol. The minimum atomic E-state index is -0.314. The lowest BCUT2D eigenvalue weighted by molar-refractivity contribution is -0.124. The second kappa shape index (κ2) is 4.88. The maximum atomic E-state index is 11.7. The smallest absolute Gasteiger partial charge is 0.255 e. The highest BCUT2D eigenvalue weighted by atomic mass is 32.1. The fourth-order valence-corrected chi connectivity index (χ4v) is 2.24. The van der Waals surface area contributed by atoms with Crippen LogP contribution >= 0.6 is 11.3 Å². The highest BCUT2D eigenvalue weighted by Crippen LogP contribution is 2.23. The molecule has 5 nitrogen and oxygen atoms in total. The molecule has 16 heavy (non-hydrogen) atoms. The molecule has 0 aromatic carbocycles. The summed E-state index contributed by atoms with van der Waals surface area (Å²) in [6.07, 6.45) is 1.43. The Hall–Kier alpha value is -1.01. The molecular weight excluding hydrogens is 226 g/mol. The van der Waals surface area contributed by atoms with Gasteiger partial charge in [-0.3, -0.25) is 10.1 Å². The molecule has 1 amide bonds. The van der Waals surface area contributed by atoms with Crippen LogP contribution in [0.15, 0.2) is 0 Å². The number of carbonyl (C=O) groups excluding carboxylic acids is 1. The summed E-state index contributed by atoms with van der Waals surface area (Å²) in [7, 11) is 0. The van der Waals surface area contributed by atoms with Gasteiger partial charge in [-0.1, -0.05) is 25.2 Å². The van der Waals surface area contributed by atoms with Crippen molar-refractivity contribution in [3.8, 4) is 0 Å². The SMILES string of the molecule is CC(C)c1nnc(NC(=O)[C@@H]2CCCO2)s1. The van der Waals surface area contributed by atoms with Crippen molar-refractivity contribution in [3.63, 3.8) is 0 Å². The fourth-order valence-electron chi connectivity index (χ4n) is 1.49. The second-order valence-electron chi connectivity index (χ2n) is 4.09. The third kappa shape index (κ3) is 2.56. The van der Waals surface area contributed by atoms with E-state index in [0.717, 1.165) is 17.8 Å². The number of hydrogen-bond donors (Lipinski definition) is 1. The van der Waals surface area contributed by atoms with Crippen molar-refractivity contribution in [2.45, 2.75) is 38.7 Å². The van der Waals surface area contributed by atoms with E-state index in [2.05, 4.69) is 15.5 Å². The number of ether oxygens (including phenoxy) is 1. The summed E-state index contributed by atoms with van der Waals surface area (Å²) >= 11 is 1.42. The Bertz CT molecular complexity index is 372. The van der Waals surface area contributed by atoms with Crippen molar-refractivity contribution in [1.82, 2.24) is 10.2 Å². The lowest BCUT2D eigenvalue weighted by Crippen LogP contribution is -2.26. The summed E-state index contributed by atoms with van der Waals surface area (Å²) in [5.41, 5.74) is 0. The Morgan fingerprint density at radius 2 is 2.38 bits per heavy atom. The Morgan fingerprint density at radius 3 is 2.94 bits per heavy atom. The predicted molar refractivity (Wildman–Crippen MR) is 61.6 cm³/mol. The van der Waals surface area contributed by atoms with Crippen LogP contribution in [-0.4, -0.2) is 28.8 Å². The molecule has 0 spiro atoms. The Balaban J connectivity index is 1.95. The molecule has 88 valence electrons. The number of aromatic nitrogens is 2. The molecule has 1 aromatic rings. The van der Waals surface area contributed by atoms with Crippen LogP contribution in [-0.2, 0) is 9.53 Å². The molecule has 1 fully saturated rings. The van der Waals surface area contributed by atoms with Gasteiger partial charge in [0.15, 0.2) is 0 Å². The number of amides is 1. The van der Waals surface area contributed by atoms with Crippen LogP contribution < -0.4 is 5.32 Å². The summed E-state index contributed by atoms with van der Waals surface area (Å²) < 4.78 is 5.29. The molecular formula is C10H15N3O2S. The van der Waals surface area contributed by atoms with Gasteiger partial charge in [-0.2, -0.15) is 0 Å². The lowest BCUT2D eigenvalue weighted by Gasteiger charge is -2.07. The first-order valence-corrected chi connectivity index (χ1v) is 6.24. The summed E-state index contributed by atoms with van der Waals surface area (Å²) in [6.45, 7) is 4.77. The molecule has 2 heterocycles. The molecule has 0 aliphatic carbocycles. The van der Waals surface area contributed by atoms with Crippen molar-refractivity contribution in [1.29, 1.82) is 0 Å². The van der Waals surface area contributed by atoms with E-state index in [-0.39, 0.29) is 12.0 Å². The molecule has 1 atom stereocenters. The van der Waals surface area contributed by atoms with Crippen LogP contribution in [0, 0.1) is 0 Å². The van der Waals surface area contributed by atoms with Gasteiger partial charge in [-0.05, 0) is 12.8 Å². The summed E-state index contributed by atoms with van der Waals surface area (Å²) in [5, 5.41) is 12.2. The molecule has 0 bridgehead atoms. The van der Waals surface area contributed by atoms with E-state index in [9.17, 15) is 4.79 Å². The van der Waals surface area contributed by atoms with E-state index in [0.29, 0.717) is 17.7 Å². The molecule has 1 aromatic heterocycles. The summed E-state index contributed by atoms with van der Waals surface area (Å²) in [4.78, 5) is 11.7. The number of carbonyl (C=O) groups is 1. The van der Waals surface area contributed by atoms with Gasteiger partial charge in [0.1, 0.15) is 11.1 Å². The minimum absolute atomic E-state index is 0.107. The number of anilines is 1. The highest BCUT2D eigenvalue weighted by Gasteiger charge is 2.24. The van der Waals surface area contributed by atoms with Crippen molar-refractivity contribution in [2.75, 3.05) is 11.9 Å². The van der Waals surface area contributed by atoms with E-state index < -0.39 is 0 Å². The van der Waals surface area contributed by atoms with Crippen LogP contribution in [0.25, 0.3) is 0 Å². The quantitative estimate of drug-likeness (QED) is 0.876. The van der Waals surface area contributed by atoms with E-state index in [4.69, 9.17) is 4.74 Å². The van der Waals surface area contributed by atoms with Gasteiger partial charge in [-0.25, -0.2) is 0 Å². The van der Waals surface area contributed by atoms with Crippen LogP contribution in [0.2, 0.25) is 0 Å². The zero-order valence-corrected chi connectivity index (χ0v) is 10.2. The van der Waals surface area contributed by atoms with E-state index >= 15 is 0 Å². The van der Waals surface area contributed by atoms with Crippen molar-refractivity contribution < 1.29 is 9.53 Å². The third-order valence-electron chi connectivity index (χ3n) is 2.39. The molecule has 6 heteroatoms. The van der Waals surface area contributed by atoms with Gasteiger partial charge in [-0.15, -0.1) is 10.2 Å². The molecule has 2 rings (SSSR count). The largest absolute Gasteiger partial charge is 0.368 e. The highest BCUT2D eigenvalue weighted by molar-refractivity contribution is 7.15. The van der Waals surface area contributed by atoms with E-state index in [1.165, 1.54) is 11.3 Å². The van der Waals surface area contributed by atoms with Crippen molar-refractivity contribution >= 4 is 22.4 Å². The van der Waals surface area contributed by atoms with Gasteiger partial charge in [0.05, 0.1) is 0 Å². The first kappa shape index (κ1) is 11.5. The Labute approximate surface area is 98.2 Å². The predicted octanol–water partition coefficient (Wildman–Crippen LogP) is 1.78. The zero-order chi connectivity index (χ0) is 11.5. The van der Waals surface area contributed by atoms with Crippen LogP contribution in [0.3, 0.4) is 0 Å². The molecule has 1 aliphatic heterocycles. The van der Waals surface area contributed by atoms with Gasteiger partial charge < -0.3 is 4.74 Å². The number of hydrogen-bond acceptors (Lipinski definition) is 5. The topological polar surface area (TPSA) is 64.1 Å². The standard InChI is InChI=1S/C10H15N3O2S/c1-6(2)9-12-13-10(16-9)11-8(14)7-4-3-5-15-7/h6-7H,3-5H2,1-2H3,(H,11,13,14)/t7-/m0/s1. The molecule has 1 aliphatic rings. The van der Waals surface area contributed by atoms with Crippen LogP contribution in [0.4, 0.5) is 5.13 Å². The average molecular weight is 241 g/mol. The Kier molecular flexibility index (Phi) is 3.50. The normalized spacial score (nSPS) is 20.3. The van der Waals surface area contributed by atoms with E-state index in [1.54, 1.807) is 0 Å². The average Bonchev–Trinajstić information content (AvgIpc) is 2.87. The summed E-state index contributed by atoms with van der Waals surface area (Å²) in [5.74, 6) is 0.231. The lowest BCUT2D eigenvalue weighted by atomic mass is 10.2.